The fourth-order valence-corrected chi connectivity index (χ4v) is 1.98. The zero-order valence-corrected chi connectivity index (χ0v) is 11.4. The molecule has 0 saturated heterocycles. The lowest BCUT2D eigenvalue weighted by Gasteiger charge is -2.13. The maximum atomic E-state index is 13.6. The Hall–Kier alpha value is -2.14. The summed E-state index contributed by atoms with van der Waals surface area (Å²) in [7, 11) is 0. The number of aliphatic hydroxyl groups excluding tert-OH is 1. The fraction of sp³-hybridized carbons (Fsp3) is 0.267. The molecule has 5 heteroatoms. The van der Waals surface area contributed by atoms with Gasteiger partial charge in [-0.3, -0.25) is 4.98 Å². The van der Waals surface area contributed by atoms with Crippen LogP contribution >= 0.6 is 0 Å². The molecule has 0 fully saturated rings. The highest BCUT2D eigenvalue weighted by atomic mass is 19.1. The van der Waals surface area contributed by atoms with E-state index in [1.165, 1.54) is 12.3 Å². The van der Waals surface area contributed by atoms with E-state index in [9.17, 15) is 14.6 Å². The Labute approximate surface area is 116 Å². The Balaban J connectivity index is 2.27. The Morgan fingerprint density at radius 1 is 1.30 bits per heavy atom. The van der Waals surface area contributed by atoms with Crippen molar-refractivity contribution in [2.24, 2.45) is 0 Å². The van der Waals surface area contributed by atoms with Crippen LogP contribution in [0.15, 0.2) is 24.4 Å². The molecule has 0 unspecified atom stereocenters. The van der Waals surface area contributed by atoms with Crippen molar-refractivity contribution in [3.63, 3.8) is 0 Å². The van der Waals surface area contributed by atoms with Crippen molar-refractivity contribution >= 4 is 5.69 Å². The Kier molecular flexibility index (Phi) is 4.20. The van der Waals surface area contributed by atoms with Crippen LogP contribution in [0.4, 0.5) is 10.1 Å². The lowest BCUT2D eigenvalue weighted by atomic mass is 10.1. The van der Waals surface area contributed by atoms with Gasteiger partial charge in [0.15, 0.2) is 0 Å². The Morgan fingerprint density at radius 2 is 2.05 bits per heavy atom. The predicted octanol–water partition coefficient (Wildman–Crippen LogP) is 2.65. The number of halogens is 1. The molecule has 0 aliphatic heterocycles. The molecule has 2 aromatic rings. The maximum Gasteiger partial charge on any atom is 0.146 e. The van der Waals surface area contributed by atoms with Gasteiger partial charge in [0, 0.05) is 23.9 Å². The van der Waals surface area contributed by atoms with E-state index in [0.29, 0.717) is 22.5 Å². The minimum atomic E-state index is -0.355. The molecule has 0 spiro atoms. The molecular formula is C15H17FN2O2. The number of aromatic hydroxyl groups is 1. The third-order valence-corrected chi connectivity index (χ3v) is 3.18. The molecule has 1 aromatic heterocycles. The highest BCUT2D eigenvalue weighted by Crippen LogP contribution is 2.25. The molecule has 0 aliphatic carbocycles. The second-order valence-electron chi connectivity index (χ2n) is 4.69. The SMILES string of the molecule is Cc1ccc(F)c(NCc2c(CO)cnc(C)c2O)c1. The summed E-state index contributed by atoms with van der Waals surface area (Å²) < 4.78 is 13.6. The minimum absolute atomic E-state index is 0.0251. The molecule has 2 rings (SSSR count). The van der Waals surface area contributed by atoms with E-state index in [0.717, 1.165) is 5.56 Å². The molecule has 20 heavy (non-hydrogen) atoms. The van der Waals surface area contributed by atoms with Crippen molar-refractivity contribution in [1.82, 2.24) is 4.98 Å². The quantitative estimate of drug-likeness (QED) is 0.803. The Morgan fingerprint density at radius 3 is 2.75 bits per heavy atom. The number of hydrogen-bond donors (Lipinski definition) is 3. The molecule has 3 N–H and O–H groups in total. The van der Waals surface area contributed by atoms with Gasteiger partial charge in [0.05, 0.1) is 18.0 Å². The first-order valence-corrected chi connectivity index (χ1v) is 6.30. The third kappa shape index (κ3) is 2.88. The van der Waals surface area contributed by atoms with Crippen molar-refractivity contribution in [1.29, 1.82) is 0 Å². The van der Waals surface area contributed by atoms with Crippen LogP contribution in [-0.4, -0.2) is 15.2 Å². The number of rotatable bonds is 4. The van der Waals surface area contributed by atoms with Gasteiger partial charge in [-0.05, 0) is 31.5 Å². The van der Waals surface area contributed by atoms with Gasteiger partial charge in [0.25, 0.3) is 0 Å². The van der Waals surface area contributed by atoms with Gasteiger partial charge in [0.1, 0.15) is 11.6 Å². The maximum absolute atomic E-state index is 13.6. The van der Waals surface area contributed by atoms with Crippen LogP contribution < -0.4 is 5.32 Å². The molecular weight excluding hydrogens is 259 g/mol. The molecule has 106 valence electrons. The van der Waals surface area contributed by atoms with E-state index in [1.807, 2.05) is 6.92 Å². The van der Waals surface area contributed by atoms with Gasteiger partial charge in [-0.2, -0.15) is 0 Å². The van der Waals surface area contributed by atoms with Crippen LogP contribution in [0, 0.1) is 19.7 Å². The second kappa shape index (κ2) is 5.88. The predicted molar refractivity (Wildman–Crippen MR) is 75.0 cm³/mol. The summed E-state index contributed by atoms with van der Waals surface area (Å²) in [6.07, 6.45) is 1.51. The van der Waals surface area contributed by atoms with Crippen molar-refractivity contribution in [3.8, 4) is 5.75 Å². The summed E-state index contributed by atoms with van der Waals surface area (Å²) in [5.41, 5.74) is 2.83. The summed E-state index contributed by atoms with van der Waals surface area (Å²) in [5, 5.41) is 22.2. The zero-order chi connectivity index (χ0) is 14.7. The van der Waals surface area contributed by atoms with Crippen LogP contribution in [0.3, 0.4) is 0 Å². The smallest absolute Gasteiger partial charge is 0.146 e. The van der Waals surface area contributed by atoms with E-state index in [-0.39, 0.29) is 24.7 Å². The number of aryl methyl sites for hydroxylation is 2. The number of hydrogen-bond acceptors (Lipinski definition) is 4. The third-order valence-electron chi connectivity index (χ3n) is 3.18. The van der Waals surface area contributed by atoms with Crippen molar-refractivity contribution in [2.45, 2.75) is 27.0 Å². The van der Waals surface area contributed by atoms with Gasteiger partial charge in [-0.25, -0.2) is 4.39 Å². The van der Waals surface area contributed by atoms with Crippen LogP contribution in [0.5, 0.6) is 5.75 Å². The number of pyridine rings is 1. The highest BCUT2D eigenvalue weighted by Gasteiger charge is 2.12. The lowest BCUT2D eigenvalue weighted by molar-refractivity contribution is 0.279. The van der Waals surface area contributed by atoms with Crippen LogP contribution in [0.1, 0.15) is 22.4 Å². The Bertz CT molecular complexity index is 630. The molecule has 0 atom stereocenters. The molecule has 4 nitrogen and oxygen atoms in total. The van der Waals surface area contributed by atoms with Gasteiger partial charge in [0.2, 0.25) is 0 Å². The number of aliphatic hydroxyl groups is 1. The summed E-state index contributed by atoms with van der Waals surface area (Å²) in [6.45, 7) is 3.53. The van der Waals surface area contributed by atoms with Crippen molar-refractivity contribution in [3.05, 3.63) is 52.6 Å². The van der Waals surface area contributed by atoms with Gasteiger partial charge < -0.3 is 15.5 Å². The average Bonchev–Trinajstić information content (AvgIpc) is 2.44. The molecule has 0 amide bonds. The van der Waals surface area contributed by atoms with Crippen molar-refractivity contribution < 1.29 is 14.6 Å². The standard InChI is InChI=1S/C15H17FN2O2/c1-9-3-4-13(16)14(5-9)18-7-12-11(8-19)6-17-10(2)15(12)20/h3-6,18-20H,7-8H2,1-2H3. The second-order valence-corrected chi connectivity index (χ2v) is 4.69. The molecule has 0 saturated carbocycles. The lowest BCUT2D eigenvalue weighted by Crippen LogP contribution is -2.06. The van der Waals surface area contributed by atoms with E-state index >= 15 is 0 Å². The molecule has 0 bridgehead atoms. The van der Waals surface area contributed by atoms with Gasteiger partial charge >= 0.3 is 0 Å². The first kappa shape index (κ1) is 14.3. The number of nitrogens with zero attached hydrogens (tertiary/aromatic N) is 1. The van der Waals surface area contributed by atoms with Crippen molar-refractivity contribution in [2.75, 3.05) is 5.32 Å². The number of benzene rings is 1. The largest absolute Gasteiger partial charge is 0.506 e. The number of aromatic nitrogens is 1. The summed E-state index contributed by atoms with van der Waals surface area (Å²) in [4.78, 5) is 3.98. The van der Waals surface area contributed by atoms with Crippen LogP contribution in [0.2, 0.25) is 0 Å². The zero-order valence-electron chi connectivity index (χ0n) is 11.4. The number of nitrogens with one attached hydrogen (secondary N) is 1. The van der Waals surface area contributed by atoms with E-state index in [4.69, 9.17) is 0 Å². The average molecular weight is 276 g/mol. The minimum Gasteiger partial charge on any atom is -0.506 e. The molecule has 1 aromatic carbocycles. The fourth-order valence-electron chi connectivity index (χ4n) is 1.98. The first-order chi connectivity index (χ1) is 9.52. The molecule has 1 heterocycles. The highest BCUT2D eigenvalue weighted by molar-refractivity contribution is 5.50. The summed E-state index contributed by atoms with van der Waals surface area (Å²) in [6, 6.07) is 4.77. The summed E-state index contributed by atoms with van der Waals surface area (Å²) in [5.74, 6) is -0.330. The van der Waals surface area contributed by atoms with Crippen LogP contribution in [-0.2, 0) is 13.2 Å². The number of anilines is 1. The monoisotopic (exact) mass is 276 g/mol. The molecule has 0 aliphatic rings. The molecule has 0 radical (unpaired) electrons. The van der Waals surface area contributed by atoms with Gasteiger partial charge in [-0.15, -0.1) is 0 Å². The topological polar surface area (TPSA) is 65.4 Å². The first-order valence-electron chi connectivity index (χ1n) is 6.30. The van der Waals surface area contributed by atoms with E-state index < -0.39 is 0 Å². The normalized spacial score (nSPS) is 10.6. The van der Waals surface area contributed by atoms with E-state index in [1.54, 1.807) is 19.1 Å². The van der Waals surface area contributed by atoms with Gasteiger partial charge in [-0.1, -0.05) is 6.07 Å². The summed E-state index contributed by atoms with van der Waals surface area (Å²) >= 11 is 0. The van der Waals surface area contributed by atoms with Crippen LogP contribution in [0.25, 0.3) is 0 Å². The van der Waals surface area contributed by atoms with E-state index in [2.05, 4.69) is 10.3 Å².